The van der Waals surface area contributed by atoms with Gasteiger partial charge >= 0.3 is 6.09 Å². The second-order valence-electron chi connectivity index (χ2n) is 8.93. The van der Waals surface area contributed by atoms with Crippen LogP contribution in [-0.2, 0) is 9.53 Å². The van der Waals surface area contributed by atoms with Crippen molar-refractivity contribution < 1.29 is 14.3 Å². The maximum Gasteiger partial charge on any atom is 0.408 e. The fourth-order valence-corrected chi connectivity index (χ4v) is 3.49. The van der Waals surface area contributed by atoms with Gasteiger partial charge in [0.25, 0.3) is 0 Å². The van der Waals surface area contributed by atoms with Crippen molar-refractivity contribution >= 4 is 41.9 Å². The van der Waals surface area contributed by atoms with Crippen LogP contribution in [0.1, 0.15) is 45.2 Å². The Hall–Kier alpha value is -2.08. The Bertz CT molecular complexity index is 761. The van der Waals surface area contributed by atoms with E-state index in [1.807, 2.05) is 51.1 Å². The first-order valence-corrected chi connectivity index (χ1v) is 11.1. The van der Waals surface area contributed by atoms with E-state index in [0.29, 0.717) is 19.0 Å². The predicted octanol–water partition coefficient (Wildman–Crippen LogP) is 2.25. The van der Waals surface area contributed by atoms with Crippen LogP contribution in [0.15, 0.2) is 35.3 Å². The average Bonchev–Trinajstić information content (AvgIpc) is 2.76. The van der Waals surface area contributed by atoms with E-state index in [1.54, 1.807) is 14.1 Å². The molecule has 0 saturated carbocycles. The van der Waals surface area contributed by atoms with Gasteiger partial charge in [-0.2, -0.15) is 0 Å². The standard InChI is InChI=1S/C23H38N6O3.HI/c1-23(2,3)32-22(31)28-19(17-9-7-6-8-10-17)15-26-21(25-5)27-18-11-13-29(14-12-18)16-20(30)24-4;/h6-10,18-19H,11-16H2,1-5H3,(H,24,30)(H,28,31)(H2,25,26,27);1H. The summed E-state index contributed by atoms with van der Waals surface area (Å²) < 4.78 is 5.43. The predicted molar refractivity (Wildman–Crippen MR) is 142 cm³/mol. The molecule has 1 atom stereocenters. The summed E-state index contributed by atoms with van der Waals surface area (Å²) in [4.78, 5) is 30.4. The highest BCUT2D eigenvalue weighted by molar-refractivity contribution is 14.0. The van der Waals surface area contributed by atoms with Gasteiger partial charge in [-0.25, -0.2) is 4.79 Å². The molecule has 9 nitrogen and oxygen atoms in total. The first kappa shape index (κ1) is 29.0. The normalized spacial score (nSPS) is 16.2. The number of likely N-dealkylation sites (tertiary alicyclic amines) is 1. The van der Waals surface area contributed by atoms with Crippen molar-refractivity contribution in [3.8, 4) is 0 Å². The van der Waals surface area contributed by atoms with Gasteiger partial charge in [-0.05, 0) is 39.2 Å². The Labute approximate surface area is 214 Å². The van der Waals surface area contributed by atoms with Crippen LogP contribution in [0, 0.1) is 0 Å². The van der Waals surface area contributed by atoms with Gasteiger partial charge in [0, 0.05) is 39.8 Å². The zero-order valence-corrected chi connectivity index (χ0v) is 22.6. The number of hydrogen-bond donors (Lipinski definition) is 4. The van der Waals surface area contributed by atoms with E-state index in [0.717, 1.165) is 31.5 Å². The summed E-state index contributed by atoms with van der Waals surface area (Å²) in [5.41, 5.74) is 0.409. The van der Waals surface area contributed by atoms with Crippen LogP contribution in [0.4, 0.5) is 4.79 Å². The molecule has 1 aromatic carbocycles. The molecule has 1 aliphatic heterocycles. The number of ether oxygens (including phenoxy) is 1. The highest BCUT2D eigenvalue weighted by Gasteiger charge is 2.23. The highest BCUT2D eigenvalue weighted by Crippen LogP contribution is 2.14. The highest BCUT2D eigenvalue weighted by atomic mass is 127. The number of nitrogens with zero attached hydrogens (tertiary/aromatic N) is 2. The smallest absolute Gasteiger partial charge is 0.408 e. The van der Waals surface area contributed by atoms with Crippen molar-refractivity contribution in [1.82, 2.24) is 26.2 Å². The number of alkyl carbamates (subject to hydrolysis) is 1. The molecule has 0 bridgehead atoms. The lowest BCUT2D eigenvalue weighted by Gasteiger charge is -2.32. The fraction of sp³-hybridized carbons (Fsp3) is 0.609. The first-order chi connectivity index (χ1) is 15.2. The lowest BCUT2D eigenvalue weighted by Crippen LogP contribution is -2.51. The van der Waals surface area contributed by atoms with Crippen LogP contribution < -0.4 is 21.3 Å². The molecule has 1 unspecified atom stereocenters. The number of guanidine groups is 1. The van der Waals surface area contributed by atoms with Gasteiger partial charge in [-0.3, -0.25) is 14.7 Å². The number of carbonyl (C=O) groups is 2. The third-order valence-corrected chi connectivity index (χ3v) is 5.16. The van der Waals surface area contributed by atoms with E-state index < -0.39 is 11.7 Å². The molecule has 2 amide bonds. The third kappa shape index (κ3) is 11.1. The Balaban J connectivity index is 0.00000544. The lowest BCUT2D eigenvalue weighted by molar-refractivity contribution is -0.122. The monoisotopic (exact) mass is 574 g/mol. The molecule has 0 aliphatic carbocycles. The zero-order valence-electron chi connectivity index (χ0n) is 20.3. The minimum atomic E-state index is -0.566. The van der Waals surface area contributed by atoms with Gasteiger partial charge in [0.15, 0.2) is 5.96 Å². The average molecular weight is 575 g/mol. The van der Waals surface area contributed by atoms with Crippen molar-refractivity contribution in [3.05, 3.63) is 35.9 Å². The van der Waals surface area contributed by atoms with Crippen LogP contribution in [0.3, 0.4) is 0 Å². The largest absolute Gasteiger partial charge is 0.444 e. The van der Waals surface area contributed by atoms with Gasteiger partial charge in [-0.15, -0.1) is 24.0 Å². The Morgan fingerprint density at radius 2 is 1.82 bits per heavy atom. The second kappa shape index (κ2) is 14.2. The van der Waals surface area contributed by atoms with Gasteiger partial charge in [0.2, 0.25) is 5.91 Å². The lowest BCUT2D eigenvalue weighted by atomic mass is 10.1. The number of piperidine rings is 1. The molecule has 2 rings (SSSR count). The number of nitrogens with one attached hydrogen (secondary N) is 4. The number of rotatable bonds is 7. The number of hydrogen-bond acceptors (Lipinski definition) is 5. The van der Waals surface area contributed by atoms with Gasteiger partial charge in [0.1, 0.15) is 5.60 Å². The number of halogens is 1. The molecule has 10 heteroatoms. The molecule has 0 spiro atoms. The number of benzene rings is 1. The van der Waals surface area contributed by atoms with Crippen LogP contribution in [0.2, 0.25) is 0 Å². The van der Waals surface area contributed by atoms with Gasteiger partial charge in [-0.1, -0.05) is 30.3 Å². The van der Waals surface area contributed by atoms with E-state index in [-0.39, 0.29) is 42.0 Å². The quantitative estimate of drug-likeness (QED) is 0.226. The molecule has 0 radical (unpaired) electrons. The van der Waals surface area contributed by atoms with Gasteiger partial charge in [0.05, 0.1) is 12.6 Å². The maximum atomic E-state index is 12.4. The number of aliphatic imine (C=N–C) groups is 1. The molecule has 186 valence electrons. The fourth-order valence-electron chi connectivity index (χ4n) is 3.49. The molecule has 33 heavy (non-hydrogen) atoms. The summed E-state index contributed by atoms with van der Waals surface area (Å²) in [5.74, 6) is 0.722. The minimum absolute atomic E-state index is 0. The molecule has 0 aromatic heterocycles. The van der Waals surface area contributed by atoms with Crippen molar-refractivity contribution in [2.24, 2.45) is 4.99 Å². The van der Waals surface area contributed by atoms with E-state index in [9.17, 15) is 9.59 Å². The molecule has 1 aromatic rings. The summed E-state index contributed by atoms with van der Waals surface area (Å²) in [5, 5.41) is 12.4. The molecule has 1 saturated heterocycles. The summed E-state index contributed by atoms with van der Waals surface area (Å²) in [6, 6.07) is 9.77. The Kier molecular flexibility index (Phi) is 12.5. The zero-order chi connectivity index (χ0) is 23.6. The van der Waals surface area contributed by atoms with Crippen molar-refractivity contribution in [2.45, 2.75) is 51.3 Å². The minimum Gasteiger partial charge on any atom is -0.444 e. The summed E-state index contributed by atoms with van der Waals surface area (Å²) in [6.45, 7) is 8.13. The molecular formula is C23H39IN6O3. The van der Waals surface area contributed by atoms with Crippen molar-refractivity contribution in [2.75, 3.05) is 40.3 Å². The molecule has 1 aliphatic rings. The van der Waals surface area contributed by atoms with Gasteiger partial charge < -0.3 is 26.0 Å². The number of carbonyl (C=O) groups excluding carboxylic acids is 2. The topological polar surface area (TPSA) is 107 Å². The van der Waals surface area contributed by atoms with Crippen LogP contribution in [-0.4, -0.2) is 74.8 Å². The first-order valence-electron chi connectivity index (χ1n) is 11.1. The molecular weight excluding hydrogens is 535 g/mol. The van der Waals surface area contributed by atoms with E-state index in [1.165, 1.54) is 0 Å². The van der Waals surface area contributed by atoms with Crippen LogP contribution >= 0.6 is 24.0 Å². The van der Waals surface area contributed by atoms with E-state index in [4.69, 9.17) is 4.74 Å². The second-order valence-corrected chi connectivity index (χ2v) is 8.93. The maximum absolute atomic E-state index is 12.4. The molecule has 1 fully saturated rings. The van der Waals surface area contributed by atoms with Crippen LogP contribution in [0.25, 0.3) is 0 Å². The van der Waals surface area contributed by atoms with Crippen molar-refractivity contribution in [1.29, 1.82) is 0 Å². The number of amides is 2. The SMILES string of the molecule is CN=C(NCC(NC(=O)OC(C)(C)C)c1ccccc1)NC1CCN(CC(=O)NC)CC1.I. The molecule has 1 heterocycles. The summed E-state index contributed by atoms with van der Waals surface area (Å²) in [6.07, 6.45) is 1.39. The van der Waals surface area contributed by atoms with Crippen LogP contribution in [0.5, 0.6) is 0 Å². The Morgan fingerprint density at radius 1 is 1.18 bits per heavy atom. The number of likely N-dealkylation sites (N-methyl/N-ethyl adjacent to an activating group) is 1. The molecule has 4 N–H and O–H groups in total. The van der Waals surface area contributed by atoms with E-state index >= 15 is 0 Å². The third-order valence-electron chi connectivity index (χ3n) is 5.16. The Morgan fingerprint density at radius 3 is 2.36 bits per heavy atom. The summed E-state index contributed by atoms with van der Waals surface area (Å²) >= 11 is 0. The van der Waals surface area contributed by atoms with E-state index in [2.05, 4.69) is 31.2 Å². The van der Waals surface area contributed by atoms with Crippen molar-refractivity contribution in [3.63, 3.8) is 0 Å². The summed E-state index contributed by atoms with van der Waals surface area (Å²) in [7, 11) is 3.39.